The highest BCUT2D eigenvalue weighted by Gasteiger charge is 2.30. The molecule has 1 fully saturated rings. The van der Waals surface area contributed by atoms with Gasteiger partial charge in [-0.2, -0.15) is 0 Å². The maximum absolute atomic E-state index is 13.5. The number of methoxy groups -OCH3 is 1. The molecule has 2 aliphatic rings. The van der Waals surface area contributed by atoms with E-state index in [1.165, 1.54) is 6.42 Å². The number of benzene rings is 1. The minimum atomic E-state index is -0.235. The van der Waals surface area contributed by atoms with Gasteiger partial charge in [0, 0.05) is 51.2 Å². The van der Waals surface area contributed by atoms with Crippen molar-refractivity contribution in [3.63, 3.8) is 0 Å². The lowest BCUT2D eigenvalue weighted by Crippen LogP contribution is -2.48. The third kappa shape index (κ3) is 6.75. The summed E-state index contributed by atoms with van der Waals surface area (Å²) < 4.78 is 11.8. The Morgan fingerprint density at radius 2 is 1.86 bits per heavy atom. The van der Waals surface area contributed by atoms with Gasteiger partial charge >= 0.3 is 0 Å². The van der Waals surface area contributed by atoms with E-state index in [0.29, 0.717) is 36.5 Å². The lowest BCUT2D eigenvalue weighted by molar-refractivity contribution is -0.135. The predicted octanol–water partition coefficient (Wildman–Crippen LogP) is 3.95. The number of rotatable bonds is 4. The van der Waals surface area contributed by atoms with E-state index in [-0.39, 0.29) is 48.3 Å². The molecule has 194 valence electrons. The van der Waals surface area contributed by atoms with Crippen molar-refractivity contribution in [1.82, 2.24) is 9.80 Å². The second kappa shape index (κ2) is 12.4. The Balaban J connectivity index is 1.90. The van der Waals surface area contributed by atoms with Gasteiger partial charge in [0.05, 0.1) is 17.7 Å². The summed E-state index contributed by atoms with van der Waals surface area (Å²) in [5.41, 5.74) is 0.974. The molecule has 3 rings (SSSR count). The van der Waals surface area contributed by atoms with Gasteiger partial charge in [-0.05, 0) is 38.0 Å². The largest absolute Gasteiger partial charge is 0.491 e. The van der Waals surface area contributed by atoms with E-state index >= 15 is 0 Å². The molecule has 1 aliphatic carbocycles. The number of nitrogens with zero attached hydrogens (tertiary/aromatic N) is 2. The van der Waals surface area contributed by atoms with E-state index in [9.17, 15) is 14.4 Å². The third-order valence-corrected chi connectivity index (χ3v) is 7.31. The van der Waals surface area contributed by atoms with E-state index in [2.05, 4.69) is 5.32 Å². The first-order valence-electron chi connectivity index (χ1n) is 12.9. The zero-order chi connectivity index (χ0) is 25.5. The van der Waals surface area contributed by atoms with Gasteiger partial charge in [0.15, 0.2) is 0 Å². The molecule has 1 heterocycles. The summed E-state index contributed by atoms with van der Waals surface area (Å²) in [6.45, 7) is 7.01. The number of ether oxygens (including phenoxy) is 2. The maximum atomic E-state index is 13.5. The molecule has 8 heteroatoms. The van der Waals surface area contributed by atoms with E-state index in [0.717, 1.165) is 25.7 Å². The van der Waals surface area contributed by atoms with Crippen molar-refractivity contribution in [2.24, 2.45) is 11.8 Å². The van der Waals surface area contributed by atoms with Crippen LogP contribution >= 0.6 is 0 Å². The molecular formula is C27H41N3O5. The Bertz CT molecular complexity index is 899. The van der Waals surface area contributed by atoms with Gasteiger partial charge in [-0.3, -0.25) is 14.4 Å². The summed E-state index contributed by atoms with van der Waals surface area (Å²) in [7, 11) is 3.37. The van der Waals surface area contributed by atoms with Crippen LogP contribution in [0.4, 0.5) is 5.69 Å². The molecule has 0 saturated heterocycles. The molecule has 3 amide bonds. The molecule has 1 N–H and O–H groups in total. The summed E-state index contributed by atoms with van der Waals surface area (Å²) in [5.74, 6) is 0.355. The maximum Gasteiger partial charge on any atom is 0.257 e. The van der Waals surface area contributed by atoms with Crippen molar-refractivity contribution in [3.05, 3.63) is 23.8 Å². The number of carbonyl (C=O) groups is 3. The van der Waals surface area contributed by atoms with Crippen LogP contribution in [-0.4, -0.2) is 73.5 Å². The molecular weight excluding hydrogens is 446 g/mol. The van der Waals surface area contributed by atoms with E-state index < -0.39 is 0 Å². The van der Waals surface area contributed by atoms with Gasteiger partial charge in [-0.1, -0.05) is 33.1 Å². The smallest absolute Gasteiger partial charge is 0.257 e. The molecule has 1 aromatic carbocycles. The Labute approximate surface area is 209 Å². The number of likely N-dealkylation sites (N-methyl/N-ethyl adjacent to an activating group) is 1. The molecule has 1 saturated carbocycles. The van der Waals surface area contributed by atoms with Gasteiger partial charge < -0.3 is 24.6 Å². The van der Waals surface area contributed by atoms with Crippen LogP contribution in [-0.2, 0) is 14.3 Å². The first-order valence-corrected chi connectivity index (χ1v) is 12.9. The van der Waals surface area contributed by atoms with Gasteiger partial charge in [0.25, 0.3) is 5.91 Å². The molecule has 0 bridgehead atoms. The number of nitrogens with one attached hydrogen (secondary N) is 1. The van der Waals surface area contributed by atoms with Crippen LogP contribution < -0.4 is 10.1 Å². The normalized spacial score (nSPS) is 24.6. The fourth-order valence-electron chi connectivity index (χ4n) is 5.01. The standard InChI is InChI=1S/C27H41N3O5/c1-6-25(31)30-15-18(2)24(34-5)16-29(4)27(33)22-14-21(12-13-23(22)35-17-19(30)3)28-26(32)20-10-8-7-9-11-20/h12-14,18-20,24H,6-11,15-17H2,1-5H3,(H,28,32)/t18-,19+,24-/m1/s1. The molecule has 0 unspecified atom stereocenters. The van der Waals surface area contributed by atoms with Crippen molar-refractivity contribution < 1.29 is 23.9 Å². The van der Waals surface area contributed by atoms with Crippen LogP contribution in [0, 0.1) is 11.8 Å². The third-order valence-electron chi connectivity index (χ3n) is 7.31. The SMILES string of the molecule is CCC(=O)N1C[C@@H](C)[C@H](OC)CN(C)C(=O)c2cc(NC(=O)C3CCCCC3)ccc2OC[C@@H]1C. The average molecular weight is 488 g/mol. The fraction of sp³-hybridized carbons (Fsp3) is 0.667. The van der Waals surface area contributed by atoms with Crippen molar-refractivity contribution in [3.8, 4) is 5.75 Å². The minimum absolute atomic E-state index is 0.00939. The summed E-state index contributed by atoms with van der Waals surface area (Å²) in [6.07, 6.45) is 5.32. The Morgan fingerprint density at radius 3 is 2.51 bits per heavy atom. The predicted molar refractivity (Wildman–Crippen MR) is 136 cm³/mol. The Morgan fingerprint density at radius 1 is 1.14 bits per heavy atom. The van der Waals surface area contributed by atoms with Crippen molar-refractivity contribution >= 4 is 23.4 Å². The average Bonchev–Trinajstić information content (AvgIpc) is 2.88. The first-order chi connectivity index (χ1) is 16.7. The minimum Gasteiger partial charge on any atom is -0.491 e. The molecule has 35 heavy (non-hydrogen) atoms. The molecule has 0 radical (unpaired) electrons. The fourth-order valence-corrected chi connectivity index (χ4v) is 5.01. The highest BCUT2D eigenvalue weighted by atomic mass is 16.5. The van der Waals surface area contributed by atoms with Crippen LogP contribution in [0.25, 0.3) is 0 Å². The number of fused-ring (bicyclic) bond motifs is 1. The van der Waals surface area contributed by atoms with Crippen molar-refractivity contribution in [2.45, 2.75) is 71.4 Å². The quantitative estimate of drug-likeness (QED) is 0.695. The first kappa shape index (κ1) is 27.0. The highest BCUT2D eigenvalue weighted by Crippen LogP contribution is 2.29. The number of hydrogen-bond donors (Lipinski definition) is 1. The van der Waals surface area contributed by atoms with Gasteiger partial charge in [-0.25, -0.2) is 0 Å². The van der Waals surface area contributed by atoms with Crippen LogP contribution in [0.15, 0.2) is 18.2 Å². The van der Waals surface area contributed by atoms with Crippen molar-refractivity contribution in [2.75, 3.05) is 39.2 Å². The number of amides is 3. The van der Waals surface area contributed by atoms with Crippen LogP contribution in [0.3, 0.4) is 0 Å². The van der Waals surface area contributed by atoms with Crippen LogP contribution in [0.1, 0.15) is 69.7 Å². The van der Waals surface area contributed by atoms with Gasteiger partial charge in [0.2, 0.25) is 11.8 Å². The second-order valence-corrected chi connectivity index (χ2v) is 10.0. The number of anilines is 1. The summed E-state index contributed by atoms with van der Waals surface area (Å²) in [4.78, 5) is 42.4. The molecule has 1 aromatic rings. The lowest BCUT2D eigenvalue weighted by atomic mass is 9.88. The summed E-state index contributed by atoms with van der Waals surface area (Å²) in [5, 5.41) is 3.01. The van der Waals surface area contributed by atoms with Gasteiger partial charge in [-0.15, -0.1) is 0 Å². The highest BCUT2D eigenvalue weighted by molar-refractivity contribution is 5.99. The molecule has 3 atom stereocenters. The lowest BCUT2D eigenvalue weighted by Gasteiger charge is -2.36. The number of carbonyl (C=O) groups excluding carboxylic acids is 3. The molecule has 0 aromatic heterocycles. The Hall–Kier alpha value is -2.61. The van der Waals surface area contributed by atoms with Gasteiger partial charge in [0.1, 0.15) is 12.4 Å². The van der Waals surface area contributed by atoms with E-state index in [1.54, 1.807) is 37.3 Å². The van der Waals surface area contributed by atoms with Crippen LogP contribution in [0.2, 0.25) is 0 Å². The van der Waals surface area contributed by atoms with Crippen LogP contribution in [0.5, 0.6) is 5.75 Å². The molecule has 1 aliphatic heterocycles. The van der Waals surface area contributed by atoms with Crippen molar-refractivity contribution in [1.29, 1.82) is 0 Å². The Kier molecular flexibility index (Phi) is 9.55. The zero-order valence-corrected chi connectivity index (χ0v) is 21.8. The summed E-state index contributed by atoms with van der Waals surface area (Å²) >= 11 is 0. The van der Waals surface area contributed by atoms with E-state index in [4.69, 9.17) is 9.47 Å². The van der Waals surface area contributed by atoms with E-state index in [1.807, 2.05) is 25.7 Å². The number of hydrogen-bond acceptors (Lipinski definition) is 5. The monoisotopic (exact) mass is 487 g/mol. The topological polar surface area (TPSA) is 88.2 Å². The second-order valence-electron chi connectivity index (χ2n) is 10.0. The molecule has 8 nitrogen and oxygen atoms in total. The zero-order valence-electron chi connectivity index (χ0n) is 21.8. The summed E-state index contributed by atoms with van der Waals surface area (Å²) in [6, 6.07) is 5.04. The molecule has 0 spiro atoms.